The second-order valence-corrected chi connectivity index (χ2v) is 4.46. The highest BCUT2D eigenvalue weighted by molar-refractivity contribution is 8.01. The summed E-state index contributed by atoms with van der Waals surface area (Å²) in [4.78, 5) is 33.7. The Kier molecular flexibility index (Phi) is 1.91. The molecule has 6 nitrogen and oxygen atoms in total. The first-order valence-electron chi connectivity index (χ1n) is 3.94. The minimum absolute atomic E-state index is 0.248. The van der Waals surface area contributed by atoms with Crippen molar-refractivity contribution in [3.8, 4) is 0 Å². The van der Waals surface area contributed by atoms with Crippen LogP contribution in [0.3, 0.4) is 0 Å². The van der Waals surface area contributed by atoms with Gasteiger partial charge in [-0.1, -0.05) is 0 Å². The molecule has 0 aromatic heterocycles. The van der Waals surface area contributed by atoms with Gasteiger partial charge in [0.1, 0.15) is 5.25 Å². The van der Waals surface area contributed by atoms with Crippen molar-refractivity contribution in [2.75, 3.05) is 0 Å². The minimum atomic E-state index is -1.25. The first-order valence-corrected chi connectivity index (χ1v) is 4.89. The summed E-state index contributed by atoms with van der Waals surface area (Å²) in [6.45, 7) is 0. The van der Waals surface area contributed by atoms with Gasteiger partial charge >= 0.3 is 11.9 Å². The summed E-state index contributed by atoms with van der Waals surface area (Å²) in [5.74, 6) is -2.70. The zero-order valence-corrected chi connectivity index (χ0v) is 7.73. The van der Waals surface area contributed by atoms with E-state index in [9.17, 15) is 14.4 Å². The van der Waals surface area contributed by atoms with Crippen molar-refractivity contribution in [1.82, 2.24) is 4.90 Å². The molecule has 2 aliphatic rings. The Morgan fingerprint density at radius 3 is 2.43 bits per heavy atom. The summed E-state index contributed by atoms with van der Waals surface area (Å²) in [6, 6.07) is -1.20. The van der Waals surface area contributed by atoms with E-state index < -0.39 is 23.2 Å². The van der Waals surface area contributed by atoms with Gasteiger partial charge in [0, 0.05) is 0 Å². The minimum Gasteiger partial charge on any atom is -0.480 e. The third-order valence-electron chi connectivity index (χ3n) is 2.33. The van der Waals surface area contributed by atoms with Gasteiger partial charge in [0.05, 0.1) is 11.8 Å². The van der Waals surface area contributed by atoms with Crippen LogP contribution in [0.2, 0.25) is 0 Å². The monoisotopic (exact) mass is 217 g/mol. The van der Waals surface area contributed by atoms with E-state index in [0.29, 0.717) is 0 Å². The predicted octanol–water partition coefficient (Wildman–Crippen LogP) is -0.802. The van der Waals surface area contributed by atoms with Gasteiger partial charge in [-0.3, -0.25) is 9.59 Å². The van der Waals surface area contributed by atoms with Crippen LogP contribution in [0.5, 0.6) is 0 Å². The molecule has 0 aromatic carbocycles. The smallest absolute Gasteiger partial charge is 0.328 e. The van der Waals surface area contributed by atoms with Gasteiger partial charge in [-0.15, -0.1) is 11.8 Å². The third-order valence-corrected chi connectivity index (χ3v) is 3.79. The topological polar surface area (TPSA) is 94.9 Å². The summed E-state index contributed by atoms with van der Waals surface area (Å²) < 4.78 is 0. The van der Waals surface area contributed by atoms with Crippen molar-refractivity contribution in [2.45, 2.75) is 23.1 Å². The second kappa shape index (κ2) is 2.88. The van der Waals surface area contributed by atoms with E-state index in [4.69, 9.17) is 10.2 Å². The van der Waals surface area contributed by atoms with E-state index in [1.54, 1.807) is 0 Å². The number of thioether (sulfide) groups is 1. The van der Waals surface area contributed by atoms with Crippen LogP contribution in [0.1, 0.15) is 6.42 Å². The SMILES string of the molecule is O=C(O)C1S[C@H]2CC(=O)N2C1C(=O)O. The number of β-lactam (4-membered cyclic amide) rings is 1. The lowest BCUT2D eigenvalue weighted by Crippen LogP contribution is -2.56. The van der Waals surface area contributed by atoms with Crippen LogP contribution >= 0.6 is 11.8 Å². The molecule has 2 fully saturated rings. The number of carbonyl (C=O) groups excluding carboxylic acids is 1. The van der Waals surface area contributed by atoms with Crippen LogP contribution in [0.15, 0.2) is 0 Å². The fourth-order valence-electron chi connectivity index (χ4n) is 1.68. The fraction of sp³-hybridized carbons (Fsp3) is 0.571. The molecule has 2 aliphatic heterocycles. The Morgan fingerprint density at radius 2 is 2.00 bits per heavy atom. The van der Waals surface area contributed by atoms with Crippen molar-refractivity contribution >= 4 is 29.6 Å². The third kappa shape index (κ3) is 1.08. The summed E-state index contributed by atoms with van der Waals surface area (Å²) in [5.41, 5.74) is 0. The van der Waals surface area contributed by atoms with Gasteiger partial charge in [-0.05, 0) is 0 Å². The highest BCUT2D eigenvalue weighted by atomic mass is 32.2. The van der Waals surface area contributed by atoms with E-state index in [1.165, 1.54) is 0 Å². The summed E-state index contributed by atoms with van der Waals surface area (Å²) in [7, 11) is 0. The quantitative estimate of drug-likeness (QED) is 0.588. The normalized spacial score (nSPS) is 35.0. The van der Waals surface area contributed by atoms with E-state index in [1.807, 2.05) is 0 Å². The number of hydrogen-bond donors (Lipinski definition) is 2. The van der Waals surface area contributed by atoms with Crippen molar-refractivity contribution < 1.29 is 24.6 Å². The predicted molar refractivity (Wildman–Crippen MR) is 45.7 cm³/mol. The average Bonchev–Trinajstić information content (AvgIpc) is 2.37. The maximum Gasteiger partial charge on any atom is 0.328 e. The lowest BCUT2D eigenvalue weighted by atomic mass is 10.1. The molecular formula is C7H7NO5S. The molecule has 0 saturated carbocycles. The number of rotatable bonds is 2. The number of nitrogens with zero attached hydrogens (tertiary/aromatic N) is 1. The Morgan fingerprint density at radius 1 is 1.36 bits per heavy atom. The molecule has 2 heterocycles. The maximum atomic E-state index is 11.1. The van der Waals surface area contributed by atoms with E-state index in [0.717, 1.165) is 16.7 Å². The molecule has 2 saturated heterocycles. The first kappa shape index (κ1) is 9.32. The largest absolute Gasteiger partial charge is 0.480 e. The molecule has 2 rings (SSSR count). The molecule has 2 unspecified atom stereocenters. The number of aliphatic carboxylic acids is 2. The Bertz CT molecular complexity index is 330. The van der Waals surface area contributed by atoms with E-state index in [2.05, 4.69) is 0 Å². The fourth-order valence-corrected chi connectivity index (χ4v) is 3.15. The average molecular weight is 217 g/mol. The van der Waals surface area contributed by atoms with E-state index >= 15 is 0 Å². The molecule has 0 bridgehead atoms. The Hall–Kier alpha value is -1.24. The molecule has 0 spiro atoms. The molecule has 0 radical (unpaired) electrons. The zero-order valence-electron chi connectivity index (χ0n) is 6.91. The van der Waals surface area contributed by atoms with Gasteiger partial charge in [0.15, 0.2) is 6.04 Å². The van der Waals surface area contributed by atoms with Crippen LogP contribution in [0, 0.1) is 0 Å². The van der Waals surface area contributed by atoms with Crippen LogP contribution in [0.25, 0.3) is 0 Å². The Labute approximate surface area is 82.9 Å². The van der Waals surface area contributed by atoms with Crippen LogP contribution < -0.4 is 0 Å². The molecular weight excluding hydrogens is 210 g/mol. The van der Waals surface area contributed by atoms with E-state index in [-0.39, 0.29) is 17.7 Å². The molecule has 0 aliphatic carbocycles. The second-order valence-electron chi connectivity index (χ2n) is 3.14. The van der Waals surface area contributed by atoms with Crippen molar-refractivity contribution in [3.05, 3.63) is 0 Å². The van der Waals surface area contributed by atoms with Gasteiger partial charge in [0.2, 0.25) is 5.91 Å². The molecule has 0 aromatic rings. The number of carboxylic acid groups (broad SMARTS) is 2. The molecule has 2 N–H and O–H groups in total. The van der Waals surface area contributed by atoms with Crippen molar-refractivity contribution in [2.24, 2.45) is 0 Å². The number of fused-ring (bicyclic) bond motifs is 1. The number of amides is 1. The maximum absolute atomic E-state index is 11.1. The molecule has 76 valence electrons. The molecule has 3 atom stereocenters. The van der Waals surface area contributed by atoms with Crippen LogP contribution in [-0.4, -0.2) is 49.6 Å². The van der Waals surface area contributed by atoms with Gasteiger partial charge in [-0.2, -0.15) is 0 Å². The van der Waals surface area contributed by atoms with Gasteiger partial charge in [0.25, 0.3) is 0 Å². The van der Waals surface area contributed by atoms with Crippen LogP contribution in [-0.2, 0) is 14.4 Å². The van der Waals surface area contributed by atoms with Crippen LogP contribution in [0.4, 0.5) is 0 Å². The first-order chi connectivity index (χ1) is 6.52. The zero-order chi connectivity index (χ0) is 10.5. The molecule has 14 heavy (non-hydrogen) atoms. The highest BCUT2D eigenvalue weighted by Crippen LogP contribution is 2.44. The number of carboxylic acids is 2. The molecule has 7 heteroatoms. The number of hydrogen-bond acceptors (Lipinski definition) is 4. The standard InChI is InChI=1S/C7H7NO5S/c9-2-1-3-8(2)4(6(10)11)5(14-3)7(12)13/h3-5H,1H2,(H,10,11)(H,12,13)/t3-,4?,5?/m0/s1. The summed E-state index contributed by atoms with van der Waals surface area (Å²) >= 11 is 1.03. The lowest BCUT2D eigenvalue weighted by Gasteiger charge is -2.35. The van der Waals surface area contributed by atoms with Gasteiger partial charge in [-0.25, -0.2) is 4.79 Å². The van der Waals surface area contributed by atoms with Gasteiger partial charge < -0.3 is 15.1 Å². The highest BCUT2D eigenvalue weighted by Gasteiger charge is 2.57. The van der Waals surface area contributed by atoms with Crippen molar-refractivity contribution in [3.63, 3.8) is 0 Å². The Balaban J connectivity index is 2.26. The summed E-state index contributed by atoms with van der Waals surface area (Å²) in [6.07, 6.45) is 0.248. The summed E-state index contributed by atoms with van der Waals surface area (Å²) in [5, 5.41) is 16.3. The van der Waals surface area contributed by atoms with Crippen molar-refractivity contribution in [1.29, 1.82) is 0 Å². The lowest BCUT2D eigenvalue weighted by molar-refractivity contribution is -0.158. The molecule has 1 amide bonds. The number of carbonyl (C=O) groups is 3.